The van der Waals surface area contributed by atoms with Crippen LogP contribution in [0.2, 0.25) is 0 Å². The van der Waals surface area contributed by atoms with Crippen molar-refractivity contribution < 1.29 is 19.1 Å². The Bertz CT molecular complexity index is 1220. The van der Waals surface area contributed by atoms with Crippen LogP contribution in [-0.2, 0) is 0 Å². The molecule has 1 aliphatic carbocycles. The number of likely N-dealkylation sites (tertiary alicyclic amines) is 1. The molecule has 0 spiro atoms. The summed E-state index contributed by atoms with van der Waals surface area (Å²) in [4.78, 5) is 34.5. The molecule has 0 bridgehead atoms. The van der Waals surface area contributed by atoms with Crippen molar-refractivity contribution in [3.8, 4) is 21.9 Å². The number of aromatic nitrogens is 1. The lowest BCUT2D eigenvalue weighted by atomic mass is 10.0. The highest BCUT2D eigenvalue weighted by Gasteiger charge is 2.34. The molecule has 8 heteroatoms. The van der Waals surface area contributed by atoms with Gasteiger partial charge in [-0.05, 0) is 49.8 Å². The van der Waals surface area contributed by atoms with Crippen LogP contribution in [0.5, 0.6) is 11.5 Å². The largest absolute Gasteiger partial charge is 0.497 e. The first-order chi connectivity index (χ1) is 17.6. The number of nitrogens with zero attached hydrogens (tertiary/aromatic N) is 2. The van der Waals surface area contributed by atoms with Crippen molar-refractivity contribution in [1.82, 2.24) is 15.2 Å². The molecule has 1 saturated carbocycles. The second-order valence-corrected chi connectivity index (χ2v) is 10.4. The molecule has 1 aliphatic heterocycles. The van der Waals surface area contributed by atoms with Crippen molar-refractivity contribution in [3.05, 3.63) is 64.8 Å². The van der Waals surface area contributed by atoms with Gasteiger partial charge in [0, 0.05) is 36.7 Å². The average molecular weight is 506 g/mol. The third kappa shape index (κ3) is 5.23. The highest BCUT2D eigenvalue weighted by atomic mass is 32.1. The number of carbonyl (C=O) groups excluding carboxylic acids is 2. The number of nitrogens with one attached hydrogen (secondary N) is 1. The molecule has 188 valence electrons. The van der Waals surface area contributed by atoms with Crippen molar-refractivity contribution in [2.24, 2.45) is 0 Å². The van der Waals surface area contributed by atoms with E-state index in [2.05, 4.69) is 5.32 Å². The second-order valence-electron chi connectivity index (χ2n) is 9.33. The number of rotatable bonds is 8. The minimum atomic E-state index is -0.222. The van der Waals surface area contributed by atoms with E-state index in [1.807, 2.05) is 35.2 Å². The minimum Gasteiger partial charge on any atom is -0.497 e. The van der Waals surface area contributed by atoms with Gasteiger partial charge in [-0.15, -0.1) is 11.3 Å². The summed E-state index contributed by atoms with van der Waals surface area (Å²) in [6.45, 7) is 1.04. The van der Waals surface area contributed by atoms with Crippen LogP contribution in [0, 0.1) is 0 Å². The van der Waals surface area contributed by atoms with Gasteiger partial charge in [-0.2, -0.15) is 0 Å². The number of carbonyl (C=O) groups is 2. The second kappa shape index (κ2) is 10.7. The number of benzene rings is 2. The van der Waals surface area contributed by atoms with Gasteiger partial charge < -0.3 is 19.7 Å². The summed E-state index contributed by atoms with van der Waals surface area (Å²) in [6.07, 6.45) is 5.09. The van der Waals surface area contributed by atoms with Gasteiger partial charge in [-0.3, -0.25) is 9.59 Å². The molecule has 2 amide bonds. The maximum absolute atomic E-state index is 13.9. The number of hydrogen-bond donors (Lipinski definition) is 1. The van der Waals surface area contributed by atoms with E-state index in [-0.39, 0.29) is 17.9 Å². The number of amides is 2. The molecular formula is C28H31N3O4S. The number of thiazole rings is 1. The van der Waals surface area contributed by atoms with E-state index in [1.165, 1.54) is 0 Å². The fourth-order valence-corrected chi connectivity index (χ4v) is 5.87. The molecule has 3 aromatic rings. The number of piperidine rings is 1. The Morgan fingerprint density at radius 3 is 2.42 bits per heavy atom. The number of hydrogen-bond acceptors (Lipinski definition) is 6. The van der Waals surface area contributed by atoms with Gasteiger partial charge in [0.25, 0.3) is 11.8 Å². The molecule has 36 heavy (non-hydrogen) atoms. The lowest BCUT2D eigenvalue weighted by Gasteiger charge is -2.35. The third-order valence-corrected chi connectivity index (χ3v) is 8.08. The van der Waals surface area contributed by atoms with Crippen LogP contribution in [0.25, 0.3) is 10.4 Å². The molecule has 2 heterocycles. The van der Waals surface area contributed by atoms with Crippen LogP contribution in [0.4, 0.5) is 0 Å². The summed E-state index contributed by atoms with van der Waals surface area (Å²) in [6, 6.07) is 15.1. The van der Waals surface area contributed by atoms with Gasteiger partial charge in [0.15, 0.2) is 0 Å². The van der Waals surface area contributed by atoms with Crippen LogP contribution >= 0.6 is 11.3 Å². The number of ether oxygens (including phenoxy) is 2. The maximum Gasteiger partial charge on any atom is 0.274 e. The van der Waals surface area contributed by atoms with Crippen LogP contribution in [-0.4, -0.2) is 55.0 Å². The molecule has 0 radical (unpaired) electrons. The molecule has 2 aromatic carbocycles. The maximum atomic E-state index is 13.9. The molecule has 1 saturated heterocycles. The Kier molecular flexibility index (Phi) is 7.23. The van der Waals surface area contributed by atoms with Crippen LogP contribution in [0.1, 0.15) is 63.9 Å². The van der Waals surface area contributed by atoms with Crippen molar-refractivity contribution in [3.63, 3.8) is 0 Å². The molecule has 1 unspecified atom stereocenters. The quantitative estimate of drug-likeness (QED) is 0.459. The summed E-state index contributed by atoms with van der Waals surface area (Å²) in [5.41, 5.74) is 2.03. The fourth-order valence-electron chi connectivity index (χ4n) is 4.64. The Morgan fingerprint density at radius 1 is 1.03 bits per heavy atom. The van der Waals surface area contributed by atoms with Gasteiger partial charge >= 0.3 is 0 Å². The Morgan fingerprint density at radius 2 is 1.75 bits per heavy atom. The third-order valence-electron chi connectivity index (χ3n) is 6.81. The molecule has 2 fully saturated rings. The number of methoxy groups -OCH3 is 2. The molecular weight excluding hydrogens is 474 g/mol. The van der Waals surface area contributed by atoms with Crippen molar-refractivity contribution in [2.75, 3.05) is 27.3 Å². The van der Waals surface area contributed by atoms with E-state index in [9.17, 15) is 9.59 Å². The molecule has 1 N–H and O–H groups in total. The first-order valence-electron chi connectivity index (χ1n) is 12.5. The summed E-state index contributed by atoms with van der Waals surface area (Å²) in [7, 11) is 3.11. The van der Waals surface area contributed by atoms with Gasteiger partial charge in [0.2, 0.25) is 0 Å². The summed E-state index contributed by atoms with van der Waals surface area (Å²) in [5, 5.41) is 4.09. The molecule has 2 aliphatic rings. The molecule has 1 atom stereocenters. The molecule has 5 rings (SSSR count). The fraction of sp³-hybridized carbons (Fsp3) is 0.393. The zero-order chi connectivity index (χ0) is 25.1. The predicted molar refractivity (Wildman–Crippen MR) is 140 cm³/mol. The van der Waals surface area contributed by atoms with E-state index in [0.717, 1.165) is 47.6 Å². The smallest absolute Gasteiger partial charge is 0.274 e. The van der Waals surface area contributed by atoms with Gasteiger partial charge in [-0.25, -0.2) is 4.98 Å². The van der Waals surface area contributed by atoms with E-state index in [4.69, 9.17) is 14.5 Å². The summed E-state index contributed by atoms with van der Waals surface area (Å²) >= 11 is 1.65. The van der Waals surface area contributed by atoms with Crippen LogP contribution in [0.3, 0.4) is 0 Å². The topological polar surface area (TPSA) is 80.8 Å². The standard InChI is InChI=1S/C28H31N3O4S/c1-34-22-14-20(15-23(16-22)35-2)26(32)29-17-21-10-6-7-13-31(21)28(33)24-25(18-8-4-3-5-9-18)36-27(30-24)19-11-12-19/h3-5,8-9,14-16,19,21H,6-7,10-13,17H2,1-2H3,(H,29,32). The normalized spacial score (nSPS) is 17.5. The zero-order valence-corrected chi connectivity index (χ0v) is 21.5. The average Bonchev–Trinajstić information content (AvgIpc) is 3.69. The van der Waals surface area contributed by atoms with Crippen molar-refractivity contribution in [2.45, 2.75) is 44.1 Å². The summed E-state index contributed by atoms with van der Waals surface area (Å²) < 4.78 is 10.6. The van der Waals surface area contributed by atoms with E-state index in [0.29, 0.717) is 41.8 Å². The Hall–Kier alpha value is -3.39. The first kappa shape index (κ1) is 24.3. The lowest BCUT2D eigenvalue weighted by molar-refractivity contribution is 0.0598. The monoisotopic (exact) mass is 505 g/mol. The first-order valence-corrected chi connectivity index (χ1v) is 13.3. The minimum absolute atomic E-state index is 0.0426. The van der Waals surface area contributed by atoms with Gasteiger partial charge in [0.1, 0.15) is 17.2 Å². The highest BCUT2D eigenvalue weighted by Crippen LogP contribution is 2.45. The molecule has 7 nitrogen and oxygen atoms in total. The SMILES string of the molecule is COc1cc(OC)cc(C(=O)NCC2CCCCN2C(=O)c2nc(C3CC3)sc2-c2ccccc2)c1. The van der Waals surface area contributed by atoms with Crippen LogP contribution in [0.15, 0.2) is 48.5 Å². The zero-order valence-electron chi connectivity index (χ0n) is 20.7. The highest BCUT2D eigenvalue weighted by molar-refractivity contribution is 7.15. The predicted octanol–water partition coefficient (Wildman–Crippen LogP) is 5.13. The van der Waals surface area contributed by atoms with E-state index >= 15 is 0 Å². The lowest BCUT2D eigenvalue weighted by Crippen LogP contribution is -2.49. The Balaban J connectivity index is 1.35. The van der Waals surface area contributed by atoms with Crippen molar-refractivity contribution >= 4 is 23.2 Å². The van der Waals surface area contributed by atoms with Gasteiger partial charge in [-0.1, -0.05) is 30.3 Å². The van der Waals surface area contributed by atoms with E-state index < -0.39 is 0 Å². The van der Waals surface area contributed by atoms with Gasteiger partial charge in [0.05, 0.1) is 24.1 Å². The summed E-state index contributed by atoms with van der Waals surface area (Å²) in [5.74, 6) is 1.32. The van der Waals surface area contributed by atoms with E-state index in [1.54, 1.807) is 43.8 Å². The van der Waals surface area contributed by atoms with Crippen molar-refractivity contribution in [1.29, 1.82) is 0 Å². The van der Waals surface area contributed by atoms with Crippen LogP contribution < -0.4 is 14.8 Å². The Labute approximate surface area is 215 Å². The molecule has 1 aromatic heterocycles.